The summed E-state index contributed by atoms with van der Waals surface area (Å²) in [5.74, 6) is 0.438. The maximum atomic E-state index is 13.6. The smallest absolute Gasteiger partial charge is 0.263 e. The average Bonchev–Trinajstić information content (AvgIpc) is 2.65. The number of hydrogen-bond donors (Lipinski definition) is 2. The van der Waals surface area contributed by atoms with Gasteiger partial charge in [-0.2, -0.15) is 0 Å². The number of benzene rings is 2. The predicted octanol–water partition coefficient (Wildman–Crippen LogP) is 3.17. The fraction of sp³-hybridized carbons (Fsp3) is 0.0588. The number of nitrogens with one attached hydrogen (secondary N) is 2. The van der Waals surface area contributed by atoms with Crippen LogP contribution in [-0.2, 0) is 10.0 Å². The zero-order valence-electron chi connectivity index (χ0n) is 13.7. The van der Waals surface area contributed by atoms with Crippen LogP contribution >= 0.6 is 0 Å². The van der Waals surface area contributed by atoms with Crippen LogP contribution in [-0.4, -0.2) is 25.7 Å². The first-order valence-electron chi connectivity index (χ1n) is 7.50. The molecule has 2 N–H and O–H groups in total. The van der Waals surface area contributed by atoms with Crippen LogP contribution in [0, 0.1) is 5.82 Å². The van der Waals surface area contributed by atoms with E-state index in [2.05, 4.69) is 20.2 Å². The summed E-state index contributed by atoms with van der Waals surface area (Å²) in [4.78, 5) is 0.0636. The second-order valence-corrected chi connectivity index (χ2v) is 6.87. The van der Waals surface area contributed by atoms with Gasteiger partial charge in [-0.25, -0.2) is 12.8 Å². The van der Waals surface area contributed by atoms with E-state index in [9.17, 15) is 12.8 Å². The van der Waals surface area contributed by atoms with Crippen molar-refractivity contribution in [3.8, 4) is 5.75 Å². The molecule has 0 spiro atoms. The van der Waals surface area contributed by atoms with Crippen molar-refractivity contribution in [1.82, 2.24) is 10.2 Å². The van der Waals surface area contributed by atoms with Crippen molar-refractivity contribution in [2.45, 2.75) is 4.90 Å². The van der Waals surface area contributed by atoms with Crippen molar-refractivity contribution in [1.29, 1.82) is 0 Å². The minimum Gasteiger partial charge on any atom is -0.497 e. The molecule has 0 bridgehead atoms. The Balaban J connectivity index is 1.73. The number of rotatable bonds is 6. The van der Waals surface area contributed by atoms with E-state index in [1.807, 2.05) is 0 Å². The molecule has 0 atom stereocenters. The lowest BCUT2D eigenvalue weighted by Crippen LogP contribution is -2.14. The molecule has 1 heterocycles. The number of halogens is 1. The van der Waals surface area contributed by atoms with Crippen LogP contribution < -0.4 is 14.8 Å². The molecule has 2 aromatic carbocycles. The molecular formula is C17H15FN4O3S. The topological polar surface area (TPSA) is 93.2 Å². The van der Waals surface area contributed by atoms with E-state index in [0.29, 0.717) is 5.75 Å². The van der Waals surface area contributed by atoms with Gasteiger partial charge in [-0.05, 0) is 48.5 Å². The molecule has 0 amide bonds. The van der Waals surface area contributed by atoms with Crippen molar-refractivity contribution in [2.75, 3.05) is 17.1 Å². The van der Waals surface area contributed by atoms with Gasteiger partial charge < -0.3 is 10.1 Å². The highest BCUT2D eigenvalue weighted by molar-refractivity contribution is 7.92. The van der Waals surface area contributed by atoms with Gasteiger partial charge in [0, 0.05) is 0 Å². The standard InChI is InChI=1S/C17H15FN4O3S/c1-25-12-6-8-13(9-7-12)26(23,24)22-17-11-10-16(20-21-17)19-15-5-3-2-4-14(15)18/h2-11H,1H3,(H,19,20)(H,21,22). The second kappa shape index (κ2) is 7.36. The largest absolute Gasteiger partial charge is 0.497 e. The van der Waals surface area contributed by atoms with Crippen LogP contribution in [0.4, 0.5) is 21.7 Å². The number of aromatic nitrogens is 2. The monoisotopic (exact) mass is 374 g/mol. The molecular weight excluding hydrogens is 359 g/mol. The Kier molecular flexibility index (Phi) is 4.99. The summed E-state index contributed by atoms with van der Waals surface area (Å²) in [5, 5.41) is 10.4. The van der Waals surface area contributed by atoms with Gasteiger partial charge >= 0.3 is 0 Å². The zero-order valence-corrected chi connectivity index (χ0v) is 14.5. The van der Waals surface area contributed by atoms with Gasteiger partial charge in [-0.1, -0.05) is 12.1 Å². The molecule has 3 rings (SSSR count). The first-order valence-corrected chi connectivity index (χ1v) is 8.98. The van der Waals surface area contributed by atoms with Gasteiger partial charge in [-0.15, -0.1) is 10.2 Å². The molecule has 7 nitrogen and oxygen atoms in total. The maximum absolute atomic E-state index is 13.6. The lowest BCUT2D eigenvalue weighted by molar-refractivity contribution is 0.414. The zero-order chi connectivity index (χ0) is 18.6. The highest BCUT2D eigenvalue weighted by Gasteiger charge is 2.15. The number of sulfonamides is 1. The summed E-state index contributed by atoms with van der Waals surface area (Å²) in [6.45, 7) is 0. The average molecular weight is 374 g/mol. The van der Waals surface area contributed by atoms with Gasteiger partial charge in [0.25, 0.3) is 10.0 Å². The van der Waals surface area contributed by atoms with E-state index in [1.165, 1.54) is 37.4 Å². The number of methoxy groups -OCH3 is 1. The van der Waals surface area contributed by atoms with E-state index in [1.54, 1.807) is 30.3 Å². The lowest BCUT2D eigenvalue weighted by Gasteiger charge is -2.09. The molecule has 134 valence electrons. The third-order valence-electron chi connectivity index (χ3n) is 3.41. The molecule has 0 aliphatic heterocycles. The van der Waals surface area contributed by atoms with Gasteiger partial charge in [0.15, 0.2) is 11.6 Å². The fourth-order valence-corrected chi connectivity index (χ4v) is 3.10. The van der Waals surface area contributed by atoms with Crippen LogP contribution in [0.5, 0.6) is 5.75 Å². The van der Waals surface area contributed by atoms with Gasteiger partial charge in [0.05, 0.1) is 17.7 Å². The summed E-state index contributed by atoms with van der Waals surface area (Å²) in [7, 11) is -2.31. The molecule has 26 heavy (non-hydrogen) atoms. The quantitative estimate of drug-likeness (QED) is 0.688. The lowest BCUT2D eigenvalue weighted by atomic mass is 10.3. The molecule has 3 aromatic rings. The van der Waals surface area contributed by atoms with Crippen molar-refractivity contribution in [2.24, 2.45) is 0 Å². The Morgan fingerprint density at radius 3 is 2.19 bits per heavy atom. The summed E-state index contributed by atoms with van der Waals surface area (Å²) in [6.07, 6.45) is 0. The molecule has 0 radical (unpaired) electrons. The Labute approximate surface area is 149 Å². The summed E-state index contributed by atoms with van der Waals surface area (Å²) in [6, 6.07) is 15.0. The minimum absolute atomic E-state index is 0.0416. The number of nitrogens with zero attached hydrogens (tertiary/aromatic N) is 2. The Hall–Kier alpha value is -3.20. The first-order chi connectivity index (χ1) is 12.5. The molecule has 0 saturated heterocycles. The van der Waals surface area contributed by atoms with Gasteiger partial charge in [-0.3, -0.25) is 4.72 Å². The van der Waals surface area contributed by atoms with Crippen molar-refractivity contribution in [3.05, 3.63) is 66.5 Å². The van der Waals surface area contributed by atoms with E-state index in [0.717, 1.165) is 0 Å². The first kappa shape index (κ1) is 17.6. The highest BCUT2D eigenvalue weighted by Crippen LogP contribution is 2.20. The molecule has 1 aromatic heterocycles. The number of hydrogen-bond acceptors (Lipinski definition) is 6. The molecule has 0 unspecified atom stereocenters. The van der Waals surface area contributed by atoms with E-state index >= 15 is 0 Å². The number of anilines is 3. The Bertz CT molecular complexity index is 993. The van der Waals surface area contributed by atoms with Crippen molar-refractivity contribution < 1.29 is 17.5 Å². The number of ether oxygens (including phenoxy) is 1. The summed E-state index contributed by atoms with van der Waals surface area (Å²) < 4.78 is 45.6. The van der Waals surface area contributed by atoms with Crippen LogP contribution in [0.2, 0.25) is 0 Å². The minimum atomic E-state index is -3.81. The van der Waals surface area contributed by atoms with Crippen LogP contribution in [0.15, 0.2) is 65.6 Å². The Morgan fingerprint density at radius 1 is 0.923 bits per heavy atom. The summed E-state index contributed by atoms with van der Waals surface area (Å²) >= 11 is 0. The normalized spacial score (nSPS) is 11.0. The highest BCUT2D eigenvalue weighted by atomic mass is 32.2. The van der Waals surface area contributed by atoms with Crippen molar-refractivity contribution >= 4 is 27.3 Å². The third kappa shape index (κ3) is 4.06. The fourth-order valence-electron chi connectivity index (χ4n) is 2.11. The third-order valence-corrected chi connectivity index (χ3v) is 4.78. The van der Waals surface area contributed by atoms with Gasteiger partial charge in [0.2, 0.25) is 0 Å². The van der Waals surface area contributed by atoms with Crippen LogP contribution in [0.25, 0.3) is 0 Å². The van der Waals surface area contributed by atoms with Crippen LogP contribution in [0.1, 0.15) is 0 Å². The van der Waals surface area contributed by atoms with Crippen LogP contribution in [0.3, 0.4) is 0 Å². The second-order valence-electron chi connectivity index (χ2n) is 5.19. The van der Waals surface area contributed by atoms with Gasteiger partial charge in [0.1, 0.15) is 11.6 Å². The van der Waals surface area contributed by atoms with E-state index < -0.39 is 15.8 Å². The SMILES string of the molecule is COc1ccc(S(=O)(=O)Nc2ccc(Nc3ccccc3F)nn2)cc1. The summed E-state index contributed by atoms with van der Waals surface area (Å²) in [5.41, 5.74) is 0.244. The molecule has 0 aliphatic rings. The maximum Gasteiger partial charge on any atom is 0.263 e. The number of para-hydroxylation sites is 1. The molecule has 0 saturated carbocycles. The Morgan fingerprint density at radius 2 is 1.58 bits per heavy atom. The molecule has 9 heteroatoms. The predicted molar refractivity (Wildman–Crippen MR) is 95.5 cm³/mol. The molecule has 0 aliphatic carbocycles. The van der Waals surface area contributed by atoms with E-state index in [-0.39, 0.29) is 22.2 Å². The molecule has 0 fully saturated rings. The van der Waals surface area contributed by atoms with E-state index in [4.69, 9.17) is 4.74 Å². The van der Waals surface area contributed by atoms with Crippen molar-refractivity contribution in [3.63, 3.8) is 0 Å².